The Morgan fingerprint density at radius 3 is 3.18 bits per heavy atom. The number of furan rings is 1. The van der Waals surface area contributed by atoms with Gasteiger partial charge in [-0.2, -0.15) is 0 Å². The number of methoxy groups -OCH3 is 1. The molecule has 11 heavy (non-hydrogen) atoms. The molecule has 1 heterocycles. The lowest BCUT2D eigenvalue weighted by atomic mass is 10.4. The van der Waals surface area contributed by atoms with Crippen LogP contribution in [-0.4, -0.2) is 20.3 Å². The minimum absolute atomic E-state index is 0.792. The number of rotatable bonds is 5. The first-order valence-corrected chi connectivity index (χ1v) is 3.76. The first-order chi connectivity index (χ1) is 5.43. The molecule has 0 aliphatic rings. The van der Waals surface area contributed by atoms with Gasteiger partial charge < -0.3 is 14.5 Å². The third kappa shape index (κ3) is 3.20. The molecule has 3 heteroatoms. The fourth-order valence-corrected chi connectivity index (χ4v) is 0.874. The second-order valence-electron chi connectivity index (χ2n) is 2.35. The molecule has 0 amide bonds. The molecule has 0 aromatic carbocycles. The van der Waals surface area contributed by atoms with E-state index >= 15 is 0 Å². The van der Waals surface area contributed by atoms with E-state index in [-0.39, 0.29) is 0 Å². The second-order valence-corrected chi connectivity index (χ2v) is 2.35. The van der Waals surface area contributed by atoms with Gasteiger partial charge in [0.2, 0.25) is 0 Å². The SMILES string of the molecule is COCC[NH2+]Cc1ccco1. The van der Waals surface area contributed by atoms with Crippen molar-refractivity contribution in [2.24, 2.45) is 0 Å². The average molecular weight is 156 g/mol. The molecular weight excluding hydrogens is 142 g/mol. The van der Waals surface area contributed by atoms with E-state index in [0.29, 0.717) is 0 Å². The minimum Gasteiger partial charge on any atom is -0.463 e. The summed E-state index contributed by atoms with van der Waals surface area (Å²) >= 11 is 0. The second kappa shape index (κ2) is 4.93. The van der Waals surface area contributed by atoms with E-state index in [2.05, 4.69) is 5.32 Å². The molecule has 0 atom stereocenters. The van der Waals surface area contributed by atoms with Crippen LogP contribution in [-0.2, 0) is 11.3 Å². The molecular formula is C8H14NO2+. The molecule has 0 spiro atoms. The van der Waals surface area contributed by atoms with Crippen molar-refractivity contribution in [2.45, 2.75) is 6.54 Å². The van der Waals surface area contributed by atoms with Crippen molar-refractivity contribution in [1.82, 2.24) is 0 Å². The van der Waals surface area contributed by atoms with Gasteiger partial charge >= 0.3 is 0 Å². The van der Waals surface area contributed by atoms with E-state index in [0.717, 1.165) is 25.5 Å². The van der Waals surface area contributed by atoms with Crippen LogP contribution in [0.25, 0.3) is 0 Å². The monoisotopic (exact) mass is 156 g/mol. The van der Waals surface area contributed by atoms with Crippen molar-refractivity contribution >= 4 is 0 Å². The maximum absolute atomic E-state index is 5.14. The summed E-state index contributed by atoms with van der Waals surface area (Å²) in [6, 6.07) is 3.88. The van der Waals surface area contributed by atoms with E-state index in [1.165, 1.54) is 0 Å². The third-order valence-corrected chi connectivity index (χ3v) is 1.45. The van der Waals surface area contributed by atoms with Crippen LogP contribution in [0.5, 0.6) is 0 Å². The van der Waals surface area contributed by atoms with Crippen molar-refractivity contribution in [2.75, 3.05) is 20.3 Å². The Kier molecular flexibility index (Phi) is 3.72. The van der Waals surface area contributed by atoms with Gasteiger partial charge in [0, 0.05) is 7.11 Å². The van der Waals surface area contributed by atoms with Gasteiger partial charge in [-0.15, -0.1) is 0 Å². The topological polar surface area (TPSA) is 39.0 Å². The molecule has 0 aliphatic heterocycles. The molecule has 0 fully saturated rings. The maximum atomic E-state index is 5.14. The van der Waals surface area contributed by atoms with Gasteiger partial charge in [0.15, 0.2) is 5.76 Å². The van der Waals surface area contributed by atoms with Crippen LogP contribution < -0.4 is 5.32 Å². The van der Waals surface area contributed by atoms with E-state index in [4.69, 9.17) is 9.15 Å². The molecule has 0 unspecified atom stereocenters. The lowest BCUT2D eigenvalue weighted by molar-refractivity contribution is -0.673. The molecule has 1 rings (SSSR count). The highest BCUT2D eigenvalue weighted by molar-refractivity contribution is 4.95. The zero-order valence-corrected chi connectivity index (χ0v) is 6.75. The predicted octanol–water partition coefficient (Wildman–Crippen LogP) is -0.0106. The Hall–Kier alpha value is -0.800. The number of hydrogen-bond donors (Lipinski definition) is 1. The molecule has 0 bridgehead atoms. The standard InChI is InChI=1S/C8H13NO2/c1-10-6-4-9-7-8-3-2-5-11-8/h2-3,5,9H,4,6-7H2,1H3/p+1. The Morgan fingerprint density at radius 2 is 2.55 bits per heavy atom. The lowest BCUT2D eigenvalue weighted by Crippen LogP contribution is -2.83. The van der Waals surface area contributed by atoms with Gasteiger partial charge in [-0.3, -0.25) is 0 Å². The number of hydrogen-bond acceptors (Lipinski definition) is 2. The van der Waals surface area contributed by atoms with Crippen molar-refractivity contribution < 1.29 is 14.5 Å². The molecule has 62 valence electrons. The van der Waals surface area contributed by atoms with Gasteiger partial charge in [0.25, 0.3) is 0 Å². The normalized spacial score (nSPS) is 10.3. The highest BCUT2D eigenvalue weighted by Crippen LogP contribution is 1.95. The molecule has 3 nitrogen and oxygen atoms in total. The van der Waals surface area contributed by atoms with E-state index in [1.807, 2.05) is 12.1 Å². The minimum atomic E-state index is 0.792. The van der Waals surface area contributed by atoms with Gasteiger partial charge in [0.05, 0.1) is 19.4 Å². The van der Waals surface area contributed by atoms with Crippen LogP contribution in [0.4, 0.5) is 0 Å². The first kappa shape index (κ1) is 8.30. The average Bonchev–Trinajstić information content (AvgIpc) is 2.50. The fraction of sp³-hybridized carbons (Fsp3) is 0.500. The van der Waals surface area contributed by atoms with Crippen LogP contribution in [0.1, 0.15) is 5.76 Å². The van der Waals surface area contributed by atoms with Gasteiger partial charge in [-0.25, -0.2) is 0 Å². The van der Waals surface area contributed by atoms with Crippen molar-refractivity contribution in [1.29, 1.82) is 0 Å². The van der Waals surface area contributed by atoms with Crippen LogP contribution in [0.2, 0.25) is 0 Å². The summed E-state index contributed by atoms with van der Waals surface area (Å²) in [6.07, 6.45) is 1.69. The van der Waals surface area contributed by atoms with Crippen molar-refractivity contribution in [3.8, 4) is 0 Å². The maximum Gasteiger partial charge on any atom is 0.157 e. The molecule has 1 aromatic heterocycles. The zero-order chi connectivity index (χ0) is 7.94. The lowest BCUT2D eigenvalue weighted by Gasteiger charge is -1.97. The zero-order valence-electron chi connectivity index (χ0n) is 6.75. The molecule has 0 radical (unpaired) electrons. The summed E-state index contributed by atoms with van der Waals surface area (Å²) in [5.74, 6) is 1.01. The molecule has 0 aliphatic carbocycles. The Morgan fingerprint density at radius 1 is 1.64 bits per heavy atom. The molecule has 2 N–H and O–H groups in total. The summed E-state index contributed by atoms with van der Waals surface area (Å²) in [5, 5.41) is 2.16. The van der Waals surface area contributed by atoms with Crippen LogP contribution in [0.15, 0.2) is 22.8 Å². The van der Waals surface area contributed by atoms with Crippen LogP contribution in [0.3, 0.4) is 0 Å². The summed E-state index contributed by atoms with van der Waals surface area (Å²) in [5.41, 5.74) is 0. The van der Waals surface area contributed by atoms with Crippen molar-refractivity contribution in [3.05, 3.63) is 24.2 Å². The summed E-state index contributed by atoms with van der Waals surface area (Å²) in [7, 11) is 1.71. The number of quaternary nitrogens is 1. The Balaban J connectivity index is 2.04. The summed E-state index contributed by atoms with van der Waals surface area (Å²) in [6.45, 7) is 2.67. The fourth-order valence-electron chi connectivity index (χ4n) is 0.874. The van der Waals surface area contributed by atoms with Gasteiger partial charge in [-0.05, 0) is 12.1 Å². The number of ether oxygens (including phenoxy) is 1. The smallest absolute Gasteiger partial charge is 0.157 e. The van der Waals surface area contributed by atoms with Gasteiger partial charge in [-0.1, -0.05) is 0 Å². The van der Waals surface area contributed by atoms with Crippen molar-refractivity contribution in [3.63, 3.8) is 0 Å². The number of nitrogens with two attached hydrogens (primary N) is 1. The highest BCUT2D eigenvalue weighted by Gasteiger charge is 1.95. The largest absolute Gasteiger partial charge is 0.463 e. The van der Waals surface area contributed by atoms with E-state index in [9.17, 15) is 0 Å². The van der Waals surface area contributed by atoms with Crippen LogP contribution in [0, 0.1) is 0 Å². The molecule has 1 aromatic rings. The summed E-state index contributed by atoms with van der Waals surface area (Å²) < 4.78 is 10.0. The van der Waals surface area contributed by atoms with E-state index in [1.54, 1.807) is 13.4 Å². The first-order valence-electron chi connectivity index (χ1n) is 3.76. The molecule has 0 saturated carbocycles. The molecule has 0 saturated heterocycles. The summed E-state index contributed by atoms with van der Waals surface area (Å²) in [4.78, 5) is 0. The van der Waals surface area contributed by atoms with Gasteiger partial charge in [0.1, 0.15) is 6.54 Å². The Labute approximate surface area is 66.3 Å². The predicted molar refractivity (Wildman–Crippen MR) is 41.1 cm³/mol. The van der Waals surface area contributed by atoms with Crippen LogP contribution >= 0.6 is 0 Å². The Bertz CT molecular complexity index is 172. The quantitative estimate of drug-likeness (QED) is 0.609. The third-order valence-electron chi connectivity index (χ3n) is 1.45. The van der Waals surface area contributed by atoms with E-state index < -0.39 is 0 Å². The highest BCUT2D eigenvalue weighted by atomic mass is 16.5.